The minimum atomic E-state index is -0.232. The number of aromatic nitrogens is 3. The third kappa shape index (κ3) is 3.30. The highest BCUT2D eigenvalue weighted by Crippen LogP contribution is 2.04. The van der Waals surface area contributed by atoms with Crippen molar-refractivity contribution in [2.75, 3.05) is 0 Å². The summed E-state index contributed by atoms with van der Waals surface area (Å²) in [5, 5.41) is 2.70. The van der Waals surface area contributed by atoms with Gasteiger partial charge in [-0.25, -0.2) is 4.98 Å². The van der Waals surface area contributed by atoms with Gasteiger partial charge in [0.1, 0.15) is 6.54 Å². The smallest absolute Gasteiger partial charge is 0.251 e. The summed E-state index contributed by atoms with van der Waals surface area (Å²) in [5.74, 6) is -0.232. The average Bonchev–Trinajstić information content (AvgIpc) is 2.84. The topological polar surface area (TPSA) is 79.8 Å². The molecule has 0 bridgehead atoms. The molecule has 0 aromatic carbocycles. The molecule has 2 aromatic rings. The highest BCUT2D eigenvalue weighted by Gasteiger charge is 2.05. The van der Waals surface area contributed by atoms with Crippen molar-refractivity contribution in [1.29, 1.82) is 0 Å². The van der Waals surface area contributed by atoms with Crippen LogP contribution >= 0.6 is 15.9 Å². The van der Waals surface area contributed by atoms with Gasteiger partial charge in [0.05, 0.1) is 18.6 Å². The first kappa shape index (κ1) is 12.6. The van der Waals surface area contributed by atoms with E-state index < -0.39 is 0 Å². The van der Waals surface area contributed by atoms with Crippen LogP contribution in [0.2, 0.25) is 0 Å². The van der Waals surface area contributed by atoms with Crippen LogP contribution in [0.25, 0.3) is 0 Å². The third-order valence-corrected chi connectivity index (χ3v) is 2.76. The van der Waals surface area contributed by atoms with Crippen LogP contribution in [-0.4, -0.2) is 20.4 Å². The number of pyridine rings is 1. The van der Waals surface area contributed by atoms with Crippen molar-refractivity contribution in [3.8, 4) is 0 Å². The lowest BCUT2D eigenvalue weighted by Crippen LogP contribution is -2.31. The summed E-state index contributed by atoms with van der Waals surface area (Å²) in [5.41, 5.74) is 0.597. The summed E-state index contributed by atoms with van der Waals surface area (Å²) in [6, 6.07) is 3.05. The van der Waals surface area contributed by atoms with Gasteiger partial charge in [-0.15, -0.1) is 0 Å². The Morgan fingerprint density at radius 2 is 2.33 bits per heavy atom. The van der Waals surface area contributed by atoms with E-state index in [1.807, 2.05) is 0 Å². The van der Waals surface area contributed by atoms with Crippen LogP contribution in [0.5, 0.6) is 0 Å². The summed E-state index contributed by atoms with van der Waals surface area (Å²) in [6.45, 7) is 0.355. The number of rotatable bonds is 4. The second kappa shape index (κ2) is 5.63. The normalized spacial score (nSPS) is 10.3. The van der Waals surface area contributed by atoms with E-state index in [0.717, 1.165) is 10.2 Å². The number of hydrogen-bond donors (Lipinski definition) is 2. The molecule has 6 nitrogen and oxygen atoms in total. The number of imidazole rings is 1. The molecule has 2 heterocycles. The molecule has 0 aliphatic rings. The Morgan fingerprint density at radius 1 is 1.50 bits per heavy atom. The maximum Gasteiger partial charge on any atom is 0.251 e. The second-order valence-electron chi connectivity index (χ2n) is 3.67. The molecule has 0 saturated carbocycles. The molecule has 0 spiro atoms. The van der Waals surface area contributed by atoms with E-state index >= 15 is 0 Å². The van der Waals surface area contributed by atoms with Crippen molar-refractivity contribution in [1.82, 2.24) is 19.9 Å². The number of hydrogen-bond acceptors (Lipinski definition) is 3. The third-order valence-electron chi connectivity index (χ3n) is 2.29. The maximum atomic E-state index is 11.7. The Morgan fingerprint density at radius 3 is 3.06 bits per heavy atom. The van der Waals surface area contributed by atoms with E-state index in [4.69, 9.17) is 0 Å². The fourth-order valence-corrected chi connectivity index (χ4v) is 1.79. The van der Waals surface area contributed by atoms with E-state index in [1.165, 1.54) is 10.6 Å². The lowest BCUT2D eigenvalue weighted by molar-refractivity contribution is -0.121. The average molecular weight is 311 g/mol. The van der Waals surface area contributed by atoms with Gasteiger partial charge in [-0.3, -0.25) is 9.59 Å². The number of H-pyrrole nitrogens is 1. The zero-order chi connectivity index (χ0) is 13.0. The van der Waals surface area contributed by atoms with Gasteiger partial charge in [-0.05, 0) is 22.0 Å². The van der Waals surface area contributed by atoms with E-state index in [1.54, 1.807) is 24.8 Å². The van der Waals surface area contributed by atoms with Crippen molar-refractivity contribution in [3.05, 3.63) is 51.4 Å². The van der Waals surface area contributed by atoms with Gasteiger partial charge in [-0.2, -0.15) is 0 Å². The van der Waals surface area contributed by atoms with Crippen LogP contribution in [0, 0.1) is 0 Å². The van der Waals surface area contributed by atoms with E-state index in [-0.39, 0.29) is 18.0 Å². The monoisotopic (exact) mass is 310 g/mol. The Bertz CT molecular complexity index is 591. The molecule has 0 atom stereocenters. The minimum Gasteiger partial charge on any atom is -0.349 e. The van der Waals surface area contributed by atoms with Crippen molar-refractivity contribution in [2.24, 2.45) is 0 Å². The first-order chi connectivity index (χ1) is 8.65. The lowest BCUT2D eigenvalue weighted by atomic mass is 10.4. The molecular formula is C11H11BrN4O2. The predicted octanol–water partition coefficient (Wildman–Crippen LogP) is 0.650. The molecule has 0 saturated heterocycles. The predicted molar refractivity (Wildman–Crippen MR) is 68.8 cm³/mol. The summed E-state index contributed by atoms with van der Waals surface area (Å²) in [7, 11) is 0. The number of nitrogens with one attached hydrogen (secondary N) is 2. The molecule has 94 valence electrons. The molecule has 18 heavy (non-hydrogen) atoms. The van der Waals surface area contributed by atoms with Crippen molar-refractivity contribution >= 4 is 21.8 Å². The molecule has 7 heteroatoms. The Labute approximate surface area is 111 Å². The first-order valence-corrected chi connectivity index (χ1v) is 6.04. The molecular weight excluding hydrogens is 300 g/mol. The molecule has 0 fully saturated rings. The number of aromatic amines is 1. The quantitative estimate of drug-likeness (QED) is 0.870. The van der Waals surface area contributed by atoms with Crippen LogP contribution in [-0.2, 0) is 17.9 Å². The highest BCUT2D eigenvalue weighted by atomic mass is 79.9. The second-order valence-corrected chi connectivity index (χ2v) is 4.58. The largest absolute Gasteiger partial charge is 0.349 e. The van der Waals surface area contributed by atoms with E-state index in [2.05, 4.69) is 31.2 Å². The first-order valence-electron chi connectivity index (χ1n) is 5.25. The summed E-state index contributed by atoms with van der Waals surface area (Å²) in [4.78, 5) is 29.9. The van der Waals surface area contributed by atoms with Crippen LogP contribution in [0.3, 0.4) is 0 Å². The van der Waals surface area contributed by atoms with E-state index in [0.29, 0.717) is 6.54 Å². The fraction of sp³-hybridized carbons (Fsp3) is 0.182. The lowest BCUT2D eigenvalue weighted by Gasteiger charge is -2.06. The molecule has 2 aromatic heterocycles. The van der Waals surface area contributed by atoms with Gasteiger partial charge < -0.3 is 14.9 Å². The van der Waals surface area contributed by atoms with Crippen LogP contribution < -0.4 is 10.9 Å². The zero-order valence-electron chi connectivity index (χ0n) is 9.39. The highest BCUT2D eigenvalue weighted by molar-refractivity contribution is 9.10. The molecule has 0 aliphatic heterocycles. The standard InChI is InChI=1S/C11H11BrN4O2/c12-8-1-2-11(18)16(5-8)6-10(17)14-4-9-3-13-7-15-9/h1-3,5,7H,4,6H2,(H,13,15)(H,14,17). The van der Waals surface area contributed by atoms with Crippen molar-refractivity contribution < 1.29 is 4.79 Å². The van der Waals surface area contributed by atoms with Gasteiger partial charge in [0, 0.05) is 22.9 Å². The number of halogens is 1. The van der Waals surface area contributed by atoms with Crippen LogP contribution in [0.15, 0.2) is 40.1 Å². The van der Waals surface area contributed by atoms with Gasteiger partial charge in [0.15, 0.2) is 0 Å². The number of nitrogens with zero attached hydrogens (tertiary/aromatic N) is 2. The van der Waals surface area contributed by atoms with Crippen molar-refractivity contribution in [2.45, 2.75) is 13.1 Å². The molecule has 1 amide bonds. The molecule has 0 aliphatic carbocycles. The van der Waals surface area contributed by atoms with Gasteiger partial charge >= 0.3 is 0 Å². The number of carbonyl (C=O) groups is 1. The Hall–Kier alpha value is -1.89. The van der Waals surface area contributed by atoms with Crippen molar-refractivity contribution in [3.63, 3.8) is 0 Å². The molecule has 0 radical (unpaired) electrons. The summed E-state index contributed by atoms with van der Waals surface area (Å²) < 4.78 is 2.09. The van der Waals surface area contributed by atoms with Gasteiger partial charge in [0.2, 0.25) is 5.91 Å². The SMILES string of the molecule is O=C(Cn1cc(Br)ccc1=O)NCc1cnc[nH]1. The maximum absolute atomic E-state index is 11.7. The van der Waals surface area contributed by atoms with Gasteiger partial charge in [0.25, 0.3) is 5.56 Å². The number of carbonyl (C=O) groups excluding carboxylic acids is 1. The molecule has 2 rings (SSSR count). The Balaban J connectivity index is 1.95. The summed E-state index contributed by atoms with van der Waals surface area (Å²) >= 11 is 3.25. The summed E-state index contributed by atoms with van der Waals surface area (Å²) in [6.07, 6.45) is 4.75. The minimum absolute atomic E-state index is 0.00753. The van der Waals surface area contributed by atoms with Crippen LogP contribution in [0.4, 0.5) is 0 Å². The molecule has 0 unspecified atom stereocenters. The van der Waals surface area contributed by atoms with Gasteiger partial charge in [-0.1, -0.05) is 0 Å². The fourth-order valence-electron chi connectivity index (χ4n) is 1.41. The Kier molecular flexibility index (Phi) is 3.93. The zero-order valence-corrected chi connectivity index (χ0v) is 11.0. The van der Waals surface area contributed by atoms with E-state index in [9.17, 15) is 9.59 Å². The number of amides is 1. The van der Waals surface area contributed by atoms with Crippen LogP contribution in [0.1, 0.15) is 5.69 Å². The molecule has 2 N–H and O–H groups in total.